The van der Waals surface area contributed by atoms with Crippen LogP contribution in [-0.2, 0) is 4.74 Å². The lowest BCUT2D eigenvalue weighted by molar-refractivity contribution is 0.0600. The summed E-state index contributed by atoms with van der Waals surface area (Å²) in [6.07, 6.45) is 7.82. The van der Waals surface area contributed by atoms with Crippen LogP contribution >= 0.6 is 0 Å². The summed E-state index contributed by atoms with van der Waals surface area (Å²) in [6.45, 7) is 2.32. The van der Waals surface area contributed by atoms with Crippen molar-refractivity contribution in [1.82, 2.24) is 4.98 Å². The summed E-state index contributed by atoms with van der Waals surface area (Å²) in [5.74, 6) is 1.27. The number of hydrogen-bond donors (Lipinski definition) is 1. The highest BCUT2D eigenvalue weighted by atomic mass is 16.5. The van der Waals surface area contributed by atoms with Crippen LogP contribution in [0.1, 0.15) is 49.4 Å². The topological polar surface area (TPSA) is 51.2 Å². The smallest absolute Gasteiger partial charge is 0.338 e. The van der Waals surface area contributed by atoms with Crippen molar-refractivity contribution in [3.63, 3.8) is 0 Å². The van der Waals surface area contributed by atoms with E-state index in [1.54, 1.807) is 18.3 Å². The van der Waals surface area contributed by atoms with Gasteiger partial charge >= 0.3 is 5.97 Å². The van der Waals surface area contributed by atoms with Crippen LogP contribution in [0.5, 0.6) is 0 Å². The molecule has 1 aliphatic carbocycles. The lowest BCUT2D eigenvalue weighted by atomic mass is 10.0. The molecule has 1 N–H and O–H groups in total. The van der Waals surface area contributed by atoms with Crippen molar-refractivity contribution in [3.8, 4) is 0 Å². The molecule has 0 saturated heterocycles. The zero-order valence-corrected chi connectivity index (χ0v) is 11.7. The van der Waals surface area contributed by atoms with Gasteiger partial charge in [0.05, 0.1) is 12.7 Å². The first kappa shape index (κ1) is 13.8. The average molecular weight is 262 g/mol. The van der Waals surface area contributed by atoms with Gasteiger partial charge < -0.3 is 10.1 Å². The Morgan fingerprint density at radius 3 is 3.00 bits per heavy atom. The molecule has 1 aliphatic rings. The normalized spacial score (nSPS) is 23.5. The monoisotopic (exact) mass is 262 g/mol. The summed E-state index contributed by atoms with van der Waals surface area (Å²) in [4.78, 5) is 15.8. The minimum atomic E-state index is -0.320. The summed E-state index contributed by atoms with van der Waals surface area (Å²) < 4.78 is 4.72. The van der Waals surface area contributed by atoms with Gasteiger partial charge in [-0.05, 0) is 37.3 Å². The summed E-state index contributed by atoms with van der Waals surface area (Å²) in [5, 5.41) is 3.44. The molecular formula is C15H22N2O2. The Morgan fingerprint density at radius 1 is 1.37 bits per heavy atom. The van der Waals surface area contributed by atoms with Gasteiger partial charge in [-0.2, -0.15) is 0 Å². The molecule has 2 unspecified atom stereocenters. The second-order valence-corrected chi connectivity index (χ2v) is 5.38. The predicted octanol–water partition coefficient (Wildman–Crippen LogP) is 3.25. The van der Waals surface area contributed by atoms with Crippen LogP contribution in [0, 0.1) is 5.92 Å². The molecule has 2 rings (SSSR count). The highest BCUT2D eigenvalue weighted by Crippen LogP contribution is 2.24. The zero-order chi connectivity index (χ0) is 13.7. The lowest BCUT2D eigenvalue weighted by Crippen LogP contribution is -2.19. The van der Waals surface area contributed by atoms with Crippen LogP contribution in [0.25, 0.3) is 0 Å². The number of rotatable bonds is 3. The molecule has 1 heterocycles. The maximum absolute atomic E-state index is 11.5. The number of carbonyl (C=O) groups excluding carboxylic acids is 1. The molecule has 1 fully saturated rings. The molecule has 1 saturated carbocycles. The minimum Gasteiger partial charge on any atom is -0.465 e. The van der Waals surface area contributed by atoms with Gasteiger partial charge in [0.25, 0.3) is 0 Å². The Bertz CT molecular complexity index is 434. The van der Waals surface area contributed by atoms with Crippen molar-refractivity contribution in [2.75, 3.05) is 12.4 Å². The van der Waals surface area contributed by atoms with Crippen LogP contribution in [-0.4, -0.2) is 24.1 Å². The molecule has 1 aromatic heterocycles. The molecule has 4 heteroatoms. The second-order valence-electron chi connectivity index (χ2n) is 5.38. The fraction of sp³-hybridized carbons (Fsp3) is 0.600. The van der Waals surface area contributed by atoms with Crippen LogP contribution in [0.4, 0.5) is 5.82 Å². The van der Waals surface area contributed by atoms with Gasteiger partial charge in [0, 0.05) is 12.2 Å². The number of carbonyl (C=O) groups is 1. The molecule has 2 atom stereocenters. The number of esters is 1. The van der Waals surface area contributed by atoms with Crippen molar-refractivity contribution in [1.29, 1.82) is 0 Å². The van der Waals surface area contributed by atoms with E-state index < -0.39 is 0 Å². The number of anilines is 1. The molecule has 1 aromatic rings. The third-order valence-electron chi connectivity index (χ3n) is 3.79. The standard InChI is InChI=1S/C15H22N2O2/c1-11-4-3-5-13(7-6-11)17-14-10-12(8-9-16-14)15(18)19-2/h8-11,13H,3-7H2,1-2H3,(H,16,17). The summed E-state index contributed by atoms with van der Waals surface area (Å²) in [5.41, 5.74) is 0.544. The zero-order valence-electron chi connectivity index (χ0n) is 11.7. The SMILES string of the molecule is COC(=O)c1ccnc(NC2CCCC(C)CC2)c1. The van der Waals surface area contributed by atoms with E-state index in [0.29, 0.717) is 11.6 Å². The number of pyridine rings is 1. The Morgan fingerprint density at radius 2 is 2.21 bits per heavy atom. The van der Waals surface area contributed by atoms with Gasteiger partial charge in [-0.15, -0.1) is 0 Å². The van der Waals surface area contributed by atoms with Crippen molar-refractivity contribution >= 4 is 11.8 Å². The first-order valence-corrected chi connectivity index (χ1v) is 7.00. The third kappa shape index (κ3) is 3.94. The van der Waals surface area contributed by atoms with Gasteiger partial charge in [-0.1, -0.05) is 19.8 Å². The molecule has 0 aliphatic heterocycles. The summed E-state index contributed by atoms with van der Waals surface area (Å²) in [6, 6.07) is 3.90. The van der Waals surface area contributed by atoms with E-state index in [9.17, 15) is 4.79 Å². The first-order valence-electron chi connectivity index (χ1n) is 7.00. The molecule has 0 aromatic carbocycles. The highest BCUT2D eigenvalue weighted by Gasteiger charge is 2.16. The Kier molecular flexibility index (Phi) is 4.77. The van der Waals surface area contributed by atoms with Gasteiger partial charge in [-0.25, -0.2) is 9.78 Å². The second kappa shape index (κ2) is 6.55. The molecule has 104 valence electrons. The van der Waals surface area contributed by atoms with Gasteiger partial charge in [0.2, 0.25) is 0 Å². The van der Waals surface area contributed by atoms with E-state index in [1.807, 2.05) is 0 Å². The van der Waals surface area contributed by atoms with Crippen molar-refractivity contribution in [2.45, 2.75) is 45.1 Å². The molecule has 19 heavy (non-hydrogen) atoms. The average Bonchev–Trinajstić information content (AvgIpc) is 2.63. The molecule has 0 amide bonds. The van der Waals surface area contributed by atoms with Crippen LogP contribution in [0.3, 0.4) is 0 Å². The number of aromatic nitrogens is 1. The quantitative estimate of drug-likeness (QED) is 0.671. The van der Waals surface area contributed by atoms with Crippen molar-refractivity contribution in [3.05, 3.63) is 23.9 Å². The van der Waals surface area contributed by atoms with Gasteiger partial charge in [-0.3, -0.25) is 0 Å². The maximum Gasteiger partial charge on any atom is 0.338 e. The molecular weight excluding hydrogens is 240 g/mol. The fourth-order valence-corrected chi connectivity index (χ4v) is 2.59. The number of ether oxygens (including phenoxy) is 1. The van der Waals surface area contributed by atoms with Crippen LogP contribution in [0.15, 0.2) is 18.3 Å². The third-order valence-corrected chi connectivity index (χ3v) is 3.79. The number of nitrogens with zero attached hydrogens (tertiary/aromatic N) is 1. The van der Waals surface area contributed by atoms with Gasteiger partial charge in [0.15, 0.2) is 0 Å². The summed E-state index contributed by atoms with van der Waals surface area (Å²) in [7, 11) is 1.39. The molecule has 4 nitrogen and oxygen atoms in total. The van der Waals surface area contributed by atoms with Crippen LogP contribution < -0.4 is 5.32 Å². The lowest BCUT2D eigenvalue weighted by Gasteiger charge is -2.17. The van der Waals surface area contributed by atoms with E-state index in [-0.39, 0.29) is 5.97 Å². The van der Waals surface area contributed by atoms with Crippen LogP contribution in [0.2, 0.25) is 0 Å². The number of nitrogens with one attached hydrogen (secondary N) is 1. The number of hydrogen-bond acceptors (Lipinski definition) is 4. The van der Waals surface area contributed by atoms with E-state index in [1.165, 1.54) is 39.2 Å². The number of methoxy groups -OCH3 is 1. The van der Waals surface area contributed by atoms with E-state index in [4.69, 9.17) is 4.74 Å². The van der Waals surface area contributed by atoms with Crippen molar-refractivity contribution < 1.29 is 9.53 Å². The first-order chi connectivity index (χ1) is 9.19. The van der Waals surface area contributed by atoms with E-state index in [0.717, 1.165) is 11.7 Å². The Hall–Kier alpha value is -1.58. The molecule has 0 spiro atoms. The fourth-order valence-electron chi connectivity index (χ4n) is 2.59. The maximum atomic E-state index is 11.5. The molecule has 0 radical (unpaired) electrons. The van der Waals surface area contributed by atoms with Crippen molar-refractivity contribution in [2.24, 2.45) is 5.92 Å². The highest BCUT2D eigenvalue weighted by molar-refractivity contribution is 5.89. The van der Waals surface area contributed by atoms with E-state index >= 15 is 0 Å². The minimum absolute atomic E-state index is 0.320. The van der Waals surface area contributed by atoms with E-state index in [2.05, 4.69) is 17.2 Å². The Labute approximate surface area is 114 Å². The predicted molar refractivity (Wildman–Crippen MR) is 75.2 cm³/mol. The Balaban J connectivity index is 2.00. The van der Waals surface area contributed by atoms with Gasteiger partial charge in [0.1, 0.15) is 5.82 Å². The summed E-state index contributed by atoms with van der Waals surface area (Å²) >= 11 is 0. The largest absolute Gasteiger partial charge is 0.465 e. The molecule has 0 bridgehead atoms.